The summed E-state index contributed by atoms with van der Waals surface area (Å²) in [5, 5.41) is 4.78. The highest BCUT2D eigenvalue weighted by Crippen LogP contribution is 2.49. The molecule has 0 N–H and O–H groups in total. The van der Waals surface area contributed by atoms with Crippen molar-refractivity contribution in [3.05, 3.63) is 187 Å². The molecule has 0 bridgehead atoms. The van der Waals surface area contributed by atoms with Gasteiger partial charge < -0.3 is 8.98 Å². The van der Waals surface area contributed by atoms with Gasteiger partial charge in [-0.25, -0.2) is 0 Å². The number of aromatic nitrogens is 1. The number of para-hydroxylation sites is 4. The van der Waals surface area contributed by atoms with E-state index in [1.54, 1.807) is 0 Å². The van der Waals surface area contributed by atoms with Crippen molar-refractivity contribution in [2.75, 3.05) is 0 Å². The summed E-state index contributed by atoms with van der Waals surface area (Å²) in [6.45, 7) is 0. The highest BCUT2D eigenvalue weighted by molar-refractivity contribution is 6.15. The van der Waals surface area contributed by atoms with Crippen molar-refractivity contribution in [1.29, 1.82) is 0 Å². The molecule has 8 aromatic carbocycles. The normalized spacial score (nSPS) is 12.2. The monoisotopic (exact) mass is 649 g/mol. The maximum absolute atomic E-state index is 7.12. The fourth-order valence-electron chi connectivity index (χ4n) is 8.63. The van der Waals surface area contributed by atoms with Gasteiger partial charge in [0, 0.05) is 38.4 Å². The Kier molecular flexibility index (Phi) is 6.05. The van der Waals surface area contributed by atoms with Crippen LogP contribution in [0.15, 0.2) is 180 Å². The second kappa shape index (κ2) is 10.9. The van der Waals surface area contributed by atoms with Crippen LogP contribution in [-0.2, 0) is 6.42 Å². The zero-order valence-electron chi connectivity index (χ0n) is 27.8. The third-order valence-electron chi connectivity index (χ3n) is 10.9. The van der Waals surface area contributed by atoms with Crippen LogP contribution in [0.4, 0.5) is 0 Å². The summed E-state index contributed by atoms with van der Waals surface area (Å²) in [6.07, 6.45) is 0.902. The molecule has 1 aliphatic rings. The van der Waals surface area contributed by atoms with Gasteiger partial charge in [-0.2, -0.15) is 0 Å². The molecular formula is C49H31NO. The Bertz CT molecular complexity index is 2940. The minimum Gasteiger partial charge on any atom is -0.455 e. The Morgan fingerprint density at radius 2 is 0.961 bits per heavy atom. The van der Waals surface area contributed by atoms with Crippen molar-refractivity contribution >= 4 is 43.7 Å². The van der Waals surface area contributed by atoms with Crippen molar-refractivity contribution in [2.24, 2.45) is 0 Å². The SMILES string of the molecule is c1ccc(-c2ccc3c(c2-c2cccc4c2oc2c(-c5cccc(-n6c7ccccc7c7ccccc76)c5)cccc24)Cc2ccccc2-3)cc1. The molecule has 0 aliphatic heterocycles. The first-order valence-electron chi connectivity index (χ1n) is 17.6. The third kappa shape index (κ3) is 4.17. The zero-order chi connectivity index (χ0) is 33.5. The fourth-order valence-corrected chi connectivity index (χ4v) is 8.63. The van der Waals surface area contributed by atoms with Gasteiger partial charge in [0.2, 0.25) is 0 Å². The Morgan fingerprint density at radius 1 is 0.392 bits per heavy atom. The number of fused-ring (bicyclic) bond motifs is 9. The molecule has 10 aromatic rings. The first kappa shape index (κ1) is 28.2. The first-order valence-corrected chi connectivity index (χ1v) is 17.6. The lowest BCUT2D eigenvalue weighted by atomic mass is 9.87. The van der Waals surface area contributed by atoms with Gasteiger partial charge in [-0.05, 0) is 75.2 Å². The van der Waals surface area contributed by atoms with E-state index in [1.807, 2.05) is 0 Å². The second-order valence-electron chi connectivity index (χ2n) is 13.6. The maximum atomic E-state index is 7.12. The summed E-state index contributed by atoms with van der Waals surface area (Å²) in [5.41, 5.74) is 17.8. The van der Waals surface area contributed by atoms with Gasteiger partial charge in [-0.15, -0.1) is 0 Å². The Hall–Kier alpha value is -6.64. The molecule has 1 aliphatic carbocycles. The van der Waals surface area contributed by atoms with Crippen LogP contribution in [0.1, 0.15) is 11.1 Å². The first-order chi connectivity index (χ1) is 25.3. The molecule has 0 atom stereocenters. The summed E-state index contributed by atoms with van der Waals surface area (Å²) in [7, 11) is 0. The van der Waals surface area contributed by atoms with Crippen LogP contribution in [-0.4, -0.2) is 4.57 Å². The van der Waals surface area contributed by atoms with Gasteiger partial charge in [0.1, 0.15) is 11.2 Å². The zero-order valence-corrected chi connectivity index (χ0v) is 27.8. The molecule has 51 heavy (non-hydrogen) atoms. The van der Waals surface area contributed by atoms with E-state index in [4.69, 9.17) is 4.42 Å². The highest BCUT2D eigenvalue weighted by atomic mass is 16.3. The van der Waals surface area contributed by atoms with Crippen LogP contribution in [0.3, 0.4) is 0 Å². The minimum atomic E-state index is 0.902. The lowest BCUT2D eigenvalue weighted by Crippen LogP contribution is -1.94. The predicted molar refractivity (Wildman–Crippen MR) is 213 cm³/mol. The standard InChI is InChI=1S/C49H31NO/c1-2-13-31(14-3-1)36-27-28-38-35-18-5-4-15-33(35)30-44(38)47(36)43-24-12-23-42-41-22-11-21-37(48(41)51-49(42)43)32-16-10-17-34(29-32)50-45-25-8-6-19-39(45)40-20-7-9-26-46(40)50/h1-29H,30H2. The van der Waals surface area contributed by atoms with Crippen LogP contribution in [0.5, 0.6) is 0 Å². The van der Waals surface area contributed by atoms with Gasteiger partial charge in [-0.3, -0.25) is 0 Å². The molecule has 238 valence electrons. The molecule has 0 unspecified atom stereocenters. The molecule has 0 spiro atoms. The summed E-state index contributed by atoms with van der Waals surface area (Å²) in [5.74, 6) is 0. The van der Waals surface area contributed by atoms with E-state index in [1.165, 1.54) is 60.8 Å². The lowest BCUT2D eigenvalue weighted by Gasteiger charge is -2.16. The molecular weight excluding hydrogens is 619 g/mol. The smallest absolute Gasteiger partial charge is 0.143 e. The van der Waals surface area contributed by atoms with Crippen molar-refractivity contribution < 1.29 is 4.42 Å². The Balaban J connectivity index is 1.13. The van der Waals surface area contributed by atoms with E-state index in [2.05, 4.69) is 180 Å². The van der Waals surface area contributed by atoms with Crippen molar-refractivity contribution in [3.8, 4) is 50.2 Å². The topological polar surface area (TPSA) is 18.1 Å². The number of hydrogen-bond acceptors (Lipinski definition) is 1. The summed E-state index contributed by atoms with van der Waals surface area (Å²) in [4.78, 5) is 0. The summed E-state index contributed by atoms with van der Waals surface area (Å²) in [6, 6.07) is 63.7. The third-order valence-corrected chi connectivity index (χ3v) is 10.9. The molecule has 0 saturated heterocycles. The van der Waals surface area contributed by atoms with Gasteiger partial charge in [0.25, 0.3) is 0 Å². The summed E-state index contributed by atoms with van der Waals surface area (Å²) >= 11 is 0. The molecule has 0 radical (unpaired) electrons. The Labute approximate surface area is 295 Å². The van der Waals surface area contributed by atoms with Crippen LogP contribution in [0.2, 0.25) is 0 Å². The van der Waals surface area contributed by atoms with Crippen LogP contribution >= 0.6 is 0 Å². The molecule has 0 amide bonds. The summed E-state index contributed by atoms with van der Waals surface area (Å²) < 4.78 is 9.49. The van der Waals surface area contributed by atoms with Crippen molar-refractivity contribution in [2.45, 2.75) is 6.42 Å². The molecule has 11 rings (SSSR count). The molecule has 0 saturated carbocycles. The number of nitrogens with zero attached hydrogens (tertiary/aromatic N) is 1. The number of hydrogen-bond donors (Lipinski definition) is 0. The van der Waals surface area contributed by atoms with Gasteiger partial charge in [0.05, 0.1) is 11.0 Å². The molecule has 2 nitrogen and oxygen atoms in total. The average molecular weight is 650 g/mol. The molecule has 2 heterocycles. The predicted octanol–water partition coefficient (Wildman–Crippen LogP) is 13.3. The van der Waals surface area contributed by atoms with E-state index < -0.39 is 0 Å². The largest absolute Gasteiger partial charge is 0.455 e. The van der Waals surface area contributed by atoms with Crippen LogP contribution in [0, 0.1) is 0 Å². The highest BCUT2D eigenvalue weighted by Gasteiger charge is 2.26. The van der Waals surface area contributed by atoms with E-state index in [9.17, 15) is 0 Å². The number of rotatable bonds is 4. The van der Waals surface area contributed by atoms with Gasteiger partial charge in [0.15, 0.2) is 0 Å². The van der Waals surface area contributed by atoms with Crippen LogP contribution in [0.25, 0.3) is 93.9 Å². The fraction of sp³-hybridized carbons (Fsp3) is 0.0204. The second-order valence-corrected chi connectivity index (χ2v) is 13.6. The minimum absolute atomic E-state index is 0.902. The number of benzene rings is 8. The molecule has 2 aromatic heterocycles. The van der Waals surface area contributed by atoms with E-state index in [0.29, 0.717) is 0 Å². The molecule has 2 heteroatoms. The van der Waals surface area contributed by atoms with Crippen molar-refractivity contribution in [1.82, 2.24) is 4.57 Å². The van der Waals surface area contributed by atoms with Crippen molar-refractivity contribution in [3.63, 3.8) is 0 Å². The molecule has 0 fully saturated rings. The van der Waals surface area contributed by atoms with Gasteiger partial charge in [-0.1, -0.05) is 152 Å². The van der Waals surface area contributed by atoms with E-state index in [-0.39, 0.29) is 0 Å². The van der Waals surface area contributed by atoms with Crippen LogP contribution < -0.4 is 0 Å². The average Bonchev–Trinajstić information content (AvgIpc) is 3.88. The maximum Gasteiger partial charge on any atom is 0.143 e. The Morgan fingerprint density at radius 3 is 1.75 bits per heavy atom. The van der Waals surface area contributed by atoms with E-state index in [0.717, 1.165) is 50.7 Å². The quantitative estimate of drug-likeness (QED) is 0.186. The van der Waals surface area contributed by atoms with E-state index >= 15 is 0 Å². The van der Waals surface area contributed by atoms with Gasteiger partial charge >= 0.3 is 0 Å². The lowest BCUT2D eigenvalue weighted by molar-refractivity contribution is 0.671. The number of furan rings is 1.